The fourth-order valence-electron chi connectivity index (χ4n) is 1.52. The number of carbonyl (C=O) groups excluding carboxylic acids is 2. The first-order valence-corrected chi connectivity index (χ1v) is 7.18. The van der Waals surface area contributed by atoms with Crippen LogP contribution in [0, 0.1) is 0 Å². The monoisotopic (exact) mass is 326 g/mol. The Balaban J connectivity index is 2.53. The fourth-order valence-corrected chi connectivity index (χ4v) is 1.87. The average Bonchev–Trinajstić information content (AvgIpc) is 2.34. The van der Waals surface area contributed by atoms with E-state index in [0.717, 1.165) is 5.56 Å². The second kappa shape index (κ2) is 6.70. The van der Waals surface area contributed by atoms with Crippen molar-refractivity contribution in [2.24, 2.45) is 0 Å². The zero-order valence-corrected chi connectivity index (χ0v) is 13.0. The van der Waals surface area contributed by atoms with Gasteiger partial charge in [-0.25, -0.2) is 0 Å². The molecular weight excluding hydrogens is 308 g/mol. The molecule has 0 aliphatic heterocycles. The van der Waals surface area contributed by atoms with E-state index in [4.69, 9.17) is 0 Å². The minimum Gasteiger partial charge on any atom is -0.350 e. The SMILES string of the molecule is CC(C)(C)NC(=O)CNC(=O)c1cccc(CBr)c1. The Hall–Kier alpha value is -1.36. The predicted molar refractivity (Wildman–Crippen MR) is 79.3 cm³/mol. The molecular formula is C14H19BrN2O2. The number of amides is 2. The van der Waals surface area contributed by atoms with Crippen molar-refractivity contribution in [3.63, 3.8) is 0 Å². The first kappa shape index (κ1) is 15.7. The van der Waals surface area contributed by atoms with E-state index in [1.165, 1.54) is 0 Å². The normalized spacial score (nSPS) is 10.9. The van der Waals surface area contributed by atoms with Crippen molar-refractivity contribution in [2.45, 2.75) is 31.6 Å². The topological polar surface area (TPSA) is 58.2 Å². The molecule has 0 spiro atoms. The third-order valence-electron chi connectivity index (χ3n) is 2.27. The number of hydrogen-bond acceptors (Lipinski definition) is 2. The van der Waals surface area contributed by atoms with Gasteiger partial charge in [0.25, 0.3) is 5.91 Å². The molecule has 0 aliphatic rings. The van der Waals surface area contributed by atoms with E-state index < -0.39 is 0 Å². The van der Waals surface area contributed by atoms with Crippen molar-refractivity contribution in [3.8, 4) is 0 Å². The molecule has 0 saturated heterocycles. The lowest BCUT2D eigenvalue weighted by molar-refractivity contribution is -0.121. The van der Waals surface area contributed by atoms with Crippen LogP contribution in [0.5, 0.6) is 0 Å². The molecule has 0 unspecified atom stereocenters. The van der Waals surface area contributed by atoms with Gasteiger partial charge in [-0.1, -0.05) is 28.1 Å². The average molecular weight is 327 g/mol. The molecule has 104 valence electrons. The molecule has 0 aromatic heterocycles. The van der Waals surface area contributed by atoms with E-state index in [0.29, 0.717) is 10.9 Å². The first-order chi connectivity index (χ1) is 8.81. The summed E-state index contributed by atoms with van der Waals surface area (Å²) in [5.41, 5.74) is 1.28. The summed E-state index contributed by atoms with van der Waals surface area (Å²) < 4.78 is 0. The maximum absolute atomic E-state index is 11.9. The van der Waals surface area contributed by atoms with E-state index in [-0.39, 0.29) is 23.9 Å². The van der Waals surface area contributed by atoms with Gasteiger partial charge in [0.1, 0.15) is 0 Å². The molecule has 1 rings (SSSR count). The highest BCUT2D eigenvalue weighted by Gasteiger charge is 2.14. The van der Waals surface area contributed by atoms with Crippen LogP contribution in [-0.2, 0) is 10.1 Å². The molecule has 0 fully saturated rings. The summed E-state index contributed by atoms with van der Waals surface area (Å²) in [6, 6.07) is 7.27. The van der Waals surface area contributed by atoms with Crippen LogP contribution in [0.15, 0.2) is 24.3 Å². The van der Waals surface area contributed by atoms with Crippen LogP contribution in [0.25, 0.3) is 0 Å². The van der Waals surface area contributed by atoms with Gasteiger partial charge in [-0.2, -0.15) is 0 Å². The molecule has 0 radical (unpaired) electrons. The molecule has 2 amide bonds. The van der Waals surface area contributed by atoms with Gasteiger partial charge in [0.15, 0.2) is 0 Å². The fraction of sp³-hybridized carbons (Fsp3) is 0.429. The Bertz CT molecular complexity index is 467. The molecule has 5 heteroatoms. The van der Waals surface area contributed by atoms with Gasteiger partial charge in [-0.3, -0.25) is 9.59 Å². The molecule has 4 nitrogen and oxygen atoms in total. The molecule has 0 bridgehead atoms. The summed E-state index contributed by atoms with van der Waals surface area (Å²) in [7, 11) is 0. The molecule has 0 aliphatic carbocycles. The Morgan fingerprint density at radius 2 is 1.95 bits per heavy atom. The van der Waals surface area contributed by atoms with E-state index in [1.54, 1.807) is 12.1 Å². The molecule has 0 heterocycles. The van der Waals surface area contributed by atoms with Crippen LogP contribution < -0.4 is 10.6 Å². The molecule has 0 saturated carbocycles. The van der Waals surface area contributed by atoms with Gasteiger partial charge in [0, 0.05) is 16.4 Å². The molecule has 1 aromatic rings. The van der Waals surface area contributed by atoms with Gasteiger partial charge in [-0.05, 0) is 38.5 Å². The van der Waals surface area contributed by atoms with Crippen molar-refractivity contribution in [1.29, 1.82) is 0 Å². The molecule has 0 atom stereocenters. The van der Waals surface area contributed by atoms with Crippen molar-refractivity contribution < 1.29 is 9.59 Å². The zero-order valence-electron chi connectivity index (χ0n) is 11.4. The van der Waals surface area contributed by atoms with Crippen LogP contribution in [0.3, 0.4) is 0 Å². The van der Waals surface area contributed by atoms with Crippen LogP contribution in [0.2, 0.25) is 0 Å². The molecule has 19 heavy (non-hydrogen) atoms. The van der Waals surface area contributed by atoms with Gasteiger partial charge in [-0.15, -0.1) is 0 Å². The number of halogens is 1. The van der Waals surface area contributed by atoms with Gasteiger partial charge in [0.05, 0.1) is 6.54 Å². The Morgan fingerprint density at radius 1 is 1.26 bits per heavy atom. The number of carbonyl (C=O) groups is 2. The standard InChI is InChI=1S/C14H19BrN2O2/c1-14(2,3)17-12(18)9-16-13(19)11-6-4-5-10(7-11)8-15/h4-7H,8-9H2,1-3H3,(H,16,19)(H,17,18). The lowest BCUT2D eigenvalue weighted by atomic mass is 10.1. The van der Waals surface area contributed by atoms with E-state index in [1.807, 2.05) is 32.9 Å². The van der Waals surface area contributed by atoms with Gasteiger partial charge in [0.2, 0.25) is 5.91 Å². The third kappa shape index (κ3) is 5.87. The second-order valence-corrected chi connectivity index (χ2v) is 5.88. The lowest BCUT2D eigenvalue weighted by Gasteiger charge is -2.20. The van der Waals surface area contributed by atoms with Crippen LogP contribution >= 0.6 is 15.9 Å². The van der Waals surface area contributed by atoms with Crippen molar-refractivity contribution in [3.05, 3.63) is 35.4 Å². The highest BCUT2D eigenvalue weighted by molar-refractivity contribution is 9.08. The van der Waals surface area contributed by atoms with Crippen molar-refractivity contribution in [1.82, 2.24) is 10.6 Å². The highest BCUT2D eigenvalue weighted by Crippen LogP contribution is 2.08. The van der Waals surface area contributed by atoms with Crippen molar-refractivity contribution in [2.75, 3.05) is 6.54 Å². The van der Waals surface area contributed by atoms with Crippen molar-refractivity contribution >= 4 is 27.7 Å². The van der Waals surface area contributed by atoms with Crippen LogP contribution in [0.4, 0.5) is 0 Å². The number of hydrogen-bond donors (Lipinski definition) is 2. The first-order valence-electron chi connectivity index (χ1n) is 6.06. The second-order valence-electron chi connectivity index (χ2n) is 5.31. The maximum Gasteiger partial charge on any atom is 0.251 e. The minimum absolute atomic E-state index is 0.0192. The Kier molecular flexibility index (Phi) is 5.54. The summed E-state index contributed by atoms with van der Waals surface area (Å²) >= 11 is 3.34. The van der Waals surface area contributed by atoms with E-state index in [2.05, 4.69) is 26.6 Å². The number of nitrogens with one attached hydrogen (secondary N) is 2. The summed E-state index contributed by atoms with van der Waals surface area (Å²) in [5.74, 6) is -0.440. The maximum atomic E-state index is 11.9. The predicted octanol–water partition coefficient (Wildman–Crippen LogP) is 2.23. The Morgan fingerprint density at radius 3 is 2.53 bits per heavy atom. The summed E-state index contributed by atoms with van der Waals surface area (Å²) in [4.78, 5) is 23.5. The molecule has 1 aromatic carbocycles. The zero-order chi connectivity index (χ0) is 14.5. The lowest BCUT2D eigenvalue weighted by Crippen LogP contribution is -2.45. The van der Waals surface area contributed by atoms with Gasteiger partial charge < -0.3 is 10.6 Å². The smallest absolute Gasteiger partial charge is 0.251 e. The summed E-state index contributed by atoms with van der Waals surface area (Å²) in [6.07, 6.45) is 0. The largest absolute Gasteiger partial charge is 0.350 e. The quantitative estimate of drug-likeness (QED) is 0.833. The summed E-state index contributed by atoms with van der Waals surface area (Å²) in [6.45, 7) is 5.67. The molecule has 2 N–H and O–H groups in total. The third-order valence-corrected chi connectivity index (χ3v) is 2.91. The number of rotatable bonds is 4. The van der Waals surface area contributed by atoms with Gasteiger partial charge >= 0.3 is 0 Å². The summed E-state index contributed by atoms with van der Waals surface area (Å²) in [5, 5.41) is 6.09. The van der Waals surface area contributed by atoms with Crippen LogP contribution in [-0.4, -0.2) is 23.9 Å². The van der Waals surface area contributed by atoms with E-state index >= 15 is 0 Å². The Labute approximate surface area is 122 Å². The van der Waals surface area contributed by atoms with Crippen LogP contribution in [0.1, 0.15) is 36.7 Å². The number of benzene rings is 1. The highest BCUT2D eigenvalue weighted by atomic mass is 79.9. The number of alkyl halides is 1. The van der Waals surface area contributed by atoms with E-state index in [9.17, 15) is 9.59 Å². The minimum atomic E-state index is -0.294.